The van der Waals surface area contributed by atoms with Crippen molar-refractivity contribution in [1.29, 1.82) is 0 Å². The third-order valence-electron chi connectivity index (χ3n) is 4.86. The molecule has 1 aliphatic carbocycles. The van der Waals surface area contributed by atoms with E-state index in [9.17, 15) is 19.5 Å². The van der Waals surface area contributed by atoms with Crippen LogP contribution in [-0.2, 0) is 16.1 Å². The molecule has 26 heavy (non-hydrogen) atoms. The van der Waals surface area contributed by atoms with Gasteiger partial charge >= 0.3 is 4.87 Å². The van der Waals surface area contributed by atoms with Crippen LogP contribution >= 0.6 is 11.3 Å². The van der Waals surface area contributed by atoms with Crippen molar-refractivity contribution in [3.8, 4) is 0 Å². The topological polar surface area (TPSA) is 76.4 Å². The predicted molar refractivity (Wildman–Crippen MR) is 104 cm³/mol. The van der Waals surface area contributed by atoms with Crippen molar-refractivity contribution in [1.82, 2.24) is 4.57 Å². The van der Waals surface area contributed by atoms with E-state index < -0.39 is 0 Å². The largest absolute Gasteiger partial charge is 0.506 e. The fourth-order valence-electron chi connectivity index (χ4n) is 3.68. The molecule has 5 nitrogen and oxygen atoms in total. The number of aliphatic hydroxyl groups is 1. The van der Waals surface area contributed by atoms with Gasteiger partial charge in [-0.1, -0.05) is 32.1 Å². The highest BCUT2D eigenvalue weighted by Gasteiger charge is 2.38. The maximum absolute atomic E-state index is 12.5. The fourth-order valence-corrected chi connectivity index (χ4v) is 4.66. The molecule has 0 spiro atoms. The molecule has 1 fully saturated rings. The molecule has 0 amide bonds. The summed E-state index contributed by atoms with van der Waals surface area (Å²) in [5.41, 5.74) is 1.43. The number of hydrogen-bond acceptors (Lipinski definition) is 5. The Morgan fingerprint density at radius 3 is 2.38 bits per heavy atom. The highest BCUT2D eigenvalue weighted by molar-refractivity contribution is 7.16. The summed E-state index contributed by atoms with van der Waals surface area (Å²) in [7, 11) is 0. The lowest BCUT2D eigenvalue weighted by atomic mass is 9.73. The maximum Gasteiger partial charge on any atom is 0.308 e. The van der Waals surface area contributed by atoms with Crippen LogP contribution in [0.4, 0.5) is 0 Å². The van der Waals surface area contributed by atoms with Gasteiger partial charge in [0.15, 0.2) is 11.6 Å². The van der Waals surface area contributed by atoms with Crippen LogP contribution in [0, 0.1) is 12.3 Å². The average Bonchev–Trinajstić information content (AvgIpc) is 2.82. The van der Waals surface area contributed by atoms with Crippen molar-refractivity contribution in [3.63, 3.8) is 0 Å². The van der Waals surface area contributed by atoms with Crippen LogP contribution in [0.2, 0.25) is 0 Å². The average molecular weight is 373 g/mol. The van der Waals surface area contributed by atoms with E-state index in [4.69, 9.17) is 0 Å². The molecule has 3 rings (SSSR count). The number of aliphatic hydroxyl groups excluding tert-OH is 1. The third-order valence-corrected chi connectivity index (χ3v) is 5.80. The van der Waals surface area contributed by atoms with Gasteiger partial charge in [-0.05, 0) is 36.5 Å². The van der Waals surface area contributed by atoms with Crippen LogP contribution in [0.15, 0.2) is 22.5 Å². The lowest BCUT2D eigenvalue weighted by Crippen LogP contribution is -2.32. The number of Topliss-reactive ketones (excluding diaryl/α,β-unsaturated/α-hetero) is 2. The lowest BCUT2D eigenvalue weighted by molar-refractivity contribution is -0.127. The number of allylic oxidation sites excluding steroid dienone is 1. The number of hydrogen-bond donors (Lipinski definition) is 1. The highest BCUT2D eigenvalue weighted by atomic mass is 32.1. The van der Waals surface area contributed by atoms with Gasteiger partial charge in [-0.15, -0.1) is 0 Å². The van der Waals surface area contributed by atoms with Crippen molar-refractivity contribution in [3.05, 3.63) is 38.5 Å². The molecule has 0 radical (unpaired) electrons. The molecule has 2 aromatic rings. The Kier molecular flexibility index (Phi) is 4.65. The quantitative estimate of drug-likeness (QED) is 0.501. The molecule has 0 aliphatic heterocycles. The Bertz CT molecular complexity index is 985. The monoisotopic (exact) mass is 373 g/mol. The zero-order valence-electron chi connectivity index (χ0n) is 15.5. The number of aromatic nitrogens is 1. The van der Waals surface area contributed by atoms with E-state index in [1.165, 1.54) is 11.3 Å². The molecule has 0 atom stereocenters. The first-order chi connectivity index (χ1) is 12.2. The number of nitrogens with zero attached hydrogens (tertiary/aromatic N) is 1. The molecule has 1 heterocycles. The number of carbonyl (C=O) groups excluding carboxylic acids is 2. The van der Waals surface area contributed by atoms with E-state index in [1.807, 2.05) is 27.7 Å². The van der Waals surface area contributed by atoms with Crippen molar-refractivity contribution >= 4 is 38.9 Å². The minimum atomic E-state index is -0.383. The van der Waals surface area contributed by atoms with Crippen molar-refractivity contribution in [2.24, 2.45) is 5.41 Å². The van der Waals surface area contributed by atoms with Gasteiger partial charge in [-0.3, -0.25) is 19.0 Å². The first-order valence-electron chi connectivity index (χ1n) is 8.79. The van der Waals surface area contributed by atoms with Crippen LogP contribution in [0.1, 0.15) is 51.2 Å². The summed E-state index contributed by atoms with van der Waals surface area (Å²) in [5, 5.41) is 10.8. The van der Waals surface area contributed by atoms with Gasteiger partial charge in [0, 0.05) is 24.9 Å². The molecule has 0 bridgehead atoms. The first kappa shape index (κ1) is 18.6. The number of thiazole rings is 1. The van der Waals surface area contributed by atoms with E-state index in [-0.39, 0.29) is 46.0 Å². The normalized spacial score (nSPS) is 17.2. The smallest absolute Gasteiger partial charge is 0.308 e. The van der Waals surface area contributed by atoms with Crippen molar-refractivity contribution in [2.45, 2.75) is 53.5 Å². The van der Waals surface area contributed by atoms with Gasteiger partial charge in [0.25, 0.3) is 0 Å². The molecule has 1 N–H and O–H groups in total. The number of aryl methyl sites for hydroxylation is 2. The molecule has 0 saturated heterocycles. The molecule has 1 saturated carbocycles. The van der Waals surface area contributed by atoms with Crippen LogP contribution in [0.25, 0.3) is 16.0 Å². The van der Waals surface area contributed by atoms with Crippen LogP contribution in [0.5, 0.6) is 0 Å². The summed E-state index contributed by atoms with van der Waals surface area (Å²) in [6, 6.07) is 3.46. The third kappa shape index (κ3) is 3.03. The van der Waals surface area contributed by atoms with Gasteiger partial charge in [0.05, 0.1) is 10.2 Å². The summed E-state index contributed by atoms with van der Waals surface area (Å²) in [6.45, 7) is 8.15. The molecule has 138 valence electrons. The summed E-state index contributed by atoms with van der Waals surface area (Å²) >= 11 is 1.17. The predicted octanol–water partition coefficient (Wildman–Crippen LogP) is 4.01. The zero-order valence-corrected chi connectivity index (χ0v) is 16.3. The molecule has 1 aliphatic rings. The van der Waals surface area contributed by atoms with E-state index in [0.29, 0.717) is 17.7 Å². The Balaban J connectivity index is 2.20. The zero-order chi connectivity index (χ0) is 19.2. The second-order valence-corrected chi connectivity index (χ2v) is 8.69. The molecular formula is C20H23NO4S. The minimum absolute atomic E-state index is 0.0409. The van der Waals surface area contributed by atoms with Crippen molar-refractivity contribution in [2.75, 3.05) is 0 Å². The second kappa shape index (κ2) is 6.50. The van der Waals surface area contributed by atoms with Gasteiger partial charge in [-0.2, -0.15) is 0 Å². The lowest BCUT2D eigenvalue weighted by Gasteiger charge is -2.29. The number of carbonyl (C=O) groups is 2. The molecule has 6 heteroatoms. The molecular weight excluding hydrogens is 350 g/mol. The molecule has 1 aromatic heterocycles. The van der Waals surface area contributed by atoms with Gasteiger partial charge in [0.1, 0.15) is 11.3 Å². The molecule has 0 unspecified atom stereocenters. The van der Waals surface area contributed by atoms with E-state index in [2.05, 4.69) is 0 Å². The maximum atomic E-state index is 12.5. The van der Waals surface area contributed by atoms with Crippen molar-refractivity contribution < 1.29 is 14.7 Å². The number of ketones is 2. The van der Waals surface area contributed by atoms with E-state index >= 15 is 0 Å². The highest BCUT2D eigenvalue weighted by Crippen LogP contribution is 2.37. The first-order valence-corrected chi connectivity index (χ1v) is 9.61. The Morgan fingerprint density at radius 2 is 1.81 bits per heavy atom. The van der Waals surface area contributed by atoms with Gasteiger partial charge in [0.2, 0.25) is 0 Å². The number of rotatable bonds is 3. The summed E-state index contributed by atoms with van der Waals surface area (Å²) < 4.78 is 2.54. The fraction of sp³-hybridized carbons (Fsp3) is 0.450. The standard InChI is InChI=1S/C20H23NO4S/c1-5-8-21-17-11(2)12(6-7-15(17)26-19(21)25)18(24)16-13(22)9-20(3,4)10-14(16)23/h6-7,24H,5,8-10H2,1-4H3. The van der Waals surface area contributed by atoms with Gasteiger partial charge < -0.3 is 5.11 Å². The van der Waals surface area contributed by atoms with Crippen LogP contribution in [-0.4, -0.2) is 21.2 Å². The molecule has 1 aromatic carbocycles. The Hall–Kier alpha value is -2.21. The minimum Gasteiger partial charge on any atom is -0.506 e. The number of fused-ring (bicyclic) bond motifs is 1. The van der Waals surface area contributed by atoms with Crippen LogP contribution < -0.4 is 4.87 Å². The summed E-state index contributed by atoms with van der Waals surface area (Å²) in [6.07, 6.45) is 1.28. The summed E-state index contributed by atoms with van der Waals surface area (Å²) in [5.74, 6) is -0.907. The van der Waals surface area contributed by atoms with E-state index in [1.54, 1.807) is 16.7 Å². The van der Waals surface area contributed by atoms with Gasteiger partial charge in [-0.25, -0.2) is 0 Å². The van der Waals surface area contributed by atoms with E-state index in [0.717, 1.165) is 16.6 Å². The Labute approximate surface area is 156 Å². The Morgan fingerprint density at radius 1 is 1.19 bits per heavy atom. The SMILES string of the molecule is CCCn1c(=O)sc2ccc(C(O)=C3C(=O)CC(C)(C)CC3=O)c(C)c21. The summed E-state index contributed by atoms with van der Waals surface area (Å²) in [4.78, 5) is 37.2. The number of benzene rings is 1. The second-order valence-electron chi connectivity index (χ2n) is 7.69. The van der Waals surface area contributed by atoms with Crippen LogP contribution in [0.3, 0.4) is 0 Å².